The normalized spacial score (nSPS) is 15.0. The molecule has 1 N–H and O–H groups in total. The van der Waals surface area contributed by atoms with Crippen LogP contribution in [-0.4, -0.2) is 46.8 Å². The summed E-state index contributed by atoms with van der Waals surface area (Å²) in [6, 6.07) is 9.97. The van der Waals surface area contributed by atoms with Gasteiger partial charge in [-0.05, 0) is 49.5 Å². The number of piperidine rings is 1. The summed E-state index contributed by atoms with van der Waals surface area (Å²) in [4.78, 5) is 14.5. The Labute approximate surface area is 155 Å². The molecule has 1 aromatic carbocycles. The average Bonchev–Trinajstić information content (AvgIpc) is 3.09. The fourth-order valence-corrected chi connectivity index (χ4v) is 3.19. The highest BCUT2D eigenvalue weighted by Crippen LogP contribution is 2.17. The second-order valence-electron chi connectivity index (χ2n) is 6.44. The van der Waals surface area contributed by atoms with Gasteiger partial charge in [0.15, 0.2) is 0 Å². The molecule has 5 nitrogen and oxygen atoms in total. The highest BCUT2D eigenvalue weighted by Gasteiger charge is 2.22. The number of hydrogen-bond donors (Lipinski definition) is 1. The standard InChI is InChI=1S/C19H26N4O.ClH/c1-2-20-13-16-8-10-22(11-9-16)19(24)12-17-14-21-23(15-17)18-6-4-3-5-7-18;/h3-7,14-16,20H,2,8-13H2,1H3;1H. The minimum absolute atomic E-state index is 0. The smallest absolute Gasteiger partial charge is 0.227 e. The topological polar surface area (TPSA) is 50.2 Å². The summed E-state index contributed by atoms with van der Waals surface area (Å²) < 4.78 is 1.82. The maximum Gasteiger partial charge on any atom is 0.227 e. The molecule has 0 saturated carbocycles. The quantitative estimate of drug-likeness (QED) is 0.859. The zero-order valence-corrected chi connectivity index (χ0v) is 15.5. The zero-order valence-electron chi connectivity index (χ0n) is 14.7. The molecule has 0 bridgehead atoms. The maximum atomic E-state index is 12.5. The van der Waals surface area contributed by atoms with Gasteiger partial charge in [-0.2, -0.15) is 5.10 Å². The van der Waals surface area contributed by atoms with E-state index in [1.54, 1.807) is 6.20 Å². The van der Waals surface area contributed by atoms with Crippen LogP contribution in [0.15, 0.2) is 42.7 Å². The van der Waals surface area contributed by atoms with E-state index in [1.165, 1.54) is 0 Å². The highest BCUT2D eigenvalue weighted by atomic mass is 35.5. The van der Waals surface area contributed by atoms with Gasteiger partial charge in [0.25, 0.3) is 0 Å². The predicted molar refractivity (Wildman–Crippen MR) is 102 cm³/mol. The van der Waals surface area contributed by atoms with E-state index < -0.39 is 0 Å². The number of amides is 1. The number of nitrogens with one attached hydrogen (secondary N) is 1. The first kappa shape index (κ1) is 19.5. The number of likely N-dealkylation sites (tertiary alicyclic amines) is 1. The van der Waals surface area contributed by atoms with Crippen molar-refractivity contribution in [3.63, 3.8) is 0 Å². The third kappa shape index (κ3) is 5.31. The van der Waals surface area contributed by atoms with Gasteiger partial charge in [-0.3, -0.25) is 4.79 Å². The Morgan fingerprint density at radius 2 is 1.96 bits per heavy atom. The molecule has 2 aromatic rings. The number of aromatic nitrogens is 2. The van der Waals surface area contributed by atoms with Gasteiger partial charge in [-0.15, -0.1) is 12.4 Å². The van der Waals surface area contributed by atoms with Crippen molar-refractivity contribution >= 4 is 18.3 Å². The lowest BCUT2D eigenvalue weighted by molar-refractivity contribution is -0.131. The Kier molecular flexibility index (Phi) is 7.47. The third-order valence-electron chi connectivity index (χ3n) is 4.66. The Bertz CT molecular complexity index is 650. The molecule has 136 valence electrons. The Morgan fingerprint density at radius 3 is 2.64 bits per heavy atom. The van der Waals surface area contributed by atoms with E-state index in [9.17, 15) is 4.79 Å². The lowest BCUT2D eigenvalue weighted by Crippen LogP contribution is -2.41. The van der Waals surface area contributed by atoms with Gasteiger partial charge in [0.05, 0.1) is 18.3 Å². The first-order valence-electron chi connectivity index (χ1n) is 8.83. The molecule has 3 rings (SSSR count). The molecule has 0 spiro atoms. The number of carbonyl (C=O) groups is 1. The maximum absolute atomic E-state index is 12.5. The van der Waals surface area contributed by atoms with Gasteiger partial charge in [0.1, 0.15) is 0 Å². The van der Waals surface area contributed by atoms with Gasteiger partial charge in [-0.1, -0.05) is 25.1 Å². The van der Waals surface area contributed by atoms with Gasteiger partial charge < -0.3 is 10.2 Å². The monoisotopic (exact) mass is 362 g/mol. The Morgan fingerprint density at radius 1 is 1.24 bits per heavy atom. The number of rotatable bonds is 6. The van der Waals surface area contributed by atoms with Crippen molar-refractivity contribution in [2.24, 2.45) is 5.92 Å². The number of benzene rings is 1. The van der Waals surface area contributed by atoms with Gasteiger partial charge in [-0.25, -0.2) is 4.68 Å². The lowest BCUT2D eigenvalue weighted by atomic mass is 9.96. The van der Waals surface area contributed by atoms with Crippen molar-refractivity contribution in [2.75, 3.05) is 26.2 Å². The van der Waals surface area contributed by atoms with Crippen LogP contribution in [0, 0.1) is 5.92 Å². The van der Waals surface area contributed by atoms with Crippen molar-refractivity contribution in [3.05, 3.63) is 48.3 Å². The number of halogens is 1. The summed E-state index contributed by atoms with van der Waals surface area (Å²) in [5, 5.41) is 7.77. The summed E-state index contributed by atoms with van der Waals surface area (Å²) in [5.41, 5.74) is 1.99. The van der Waals surface area contributed by atoms with E-state index in [2.05, 4.69) is 17.3 Å². The summed E-state index contributed by atoms with van der Waals surface area (Å²) in [7, 11) is 0. The van der Waals surface area contributed by atoms with E-state index in [-0.39, 0.29) is 18.3 Å². The summed E-state index contributed by atoms with van der Waals surface area (Å²) in [6.07, 6.45) is 6.38. The fraction of sp³-hybridized carbons (Fsp3) is 0.474. The van der Waals surface area contributed by atoms with E-state index in [0.717, 1.165) is 50.3 Å². The number of para-hydroxylation sites is 1. The molecule has 1 aliphatic rings. The molecule has 0 radical (unpaired) electrons. The van der Waals surface area contributed by atoms with E-state index >= 15 is 0 Å². The van der Waals surface area contributed by atoms with Crippen molar-refractivity contribution in [2.45, 2.75) is 26.2 Å². The summed E-state index contributed by atoms with van der Waals surface area (Å²) >= 11 is 0. The predicted octanol–water partition coefficient (Wildman–Crippen LogP) is 2.68. The summed E-state index contributed by atoms with van der Waals surface area (Å²) in [5.74, 6) is 0.916. The van der Waals surface area contributed by atoms with Crippen LogP contribution in [0.3, 0.4) is 0 Å². The van der Waals surface area contributed by atoms with Crippen LogP contribution in [-0.2, 0) is 11.2 Å². The van der Waals surface area contributed by atoms with E-state index in [0.29, 0.717) is 12.3 Å². The molecule has 1 aliphatic heterocycles. The molecule has 1 amide bonds. The number of nitrogens with zero attached hydrogens (tertiary/aromatic N) is 3. The molecule has 1 saturated heterocycles. The van der Waals surface area contributed by atoms with Gasteiger partial charge in [0.2, 0.25) is 5.91 Å². The van der Waals surface area contributed by atoms with Crippen molar-refractivity contribution < 1.29 is 4.79 Å². The van der Waals surface area contributed by atoms with E-state index in [4.69, 9.17) is 0 Å². The third-order valence-corrected chi connectivity index (χ3v) is 4.66. The summed E-state index contributed by atoms with van der Waals surface area (Å²) in [6.45, 7) is 5.98. The number of hydrogen-bond acceptors (Lipinski definition) is 3. The van der Waals surface area contributed by atoms with Crippen LogP contribution in [0.5, 0.6) is 0 Å². The average molecular weight is 363 g/mol. The Balaban J connectivity index is 0.00000225. The molecule has 1 fully saturated rings. The molecular formula is C19H27ClN4O. The van der Waals surface area contributed by atoms with Crippen LogP contribution in [0.25, 0.3) is 5.69 Å². The lowest BCUT2D eigenvalue weighted by Gasteiger charge is -2.32. The molecule has 1 aromatic heterocycles. The number of carbonyl (C=O) groups excluding carboxylic acids is 1. The van der Waals surface area contributed by atoms with Crippen LogP contribution >= 0.6 is 12.4 Å². The minimum Gasteiger partial charge on any atom is -0.342 e. The molecule has 25 heavy (non-hydrogen) atoms. The van der Waals surface area contributed by atoms with Gasteiger partial charge in [0, 0.05) is 19.3 Å². The van der Waals surface area contributed by atoms with Crippen LogP contribution in [0.2, 0.25) is 0 Å². The zero-order chi connectivity index (χ0) is 16.8. The second-order valence-corrected chi connectivity index (χ2v) is 6.44. The van der Waals surface area contributed by atoms with Gasteiger partial charge >= 0.3 is 0 Å². The first-order valence-corrected chi connectivity index (χ1v) is 8.83. The van der Waals surface area contributed by atoms with Crippen molar-refractivity contribution in [1.29, 1.82) is 0 Å². The molecule has 6 heteroatoms. The van der Waals surface area contributed by atoms with Crippen LogP contribution in [0.4, 0.5) is 0 Å². The fourth-order valence-electron chi connectivity index (χ4n) is 3.19. The van der Waals surface area contributed by atoms with Crippen molar-refractivity contribution in [1.82, 2.24) is 20.0 Å². The first-order chi connectivity index (χ1) is 11.8. The molecule has 0 unspecified atom stereocenters. The molecule has 0 atom stereocenters. The van der Waals surface area contributed by atoms with Crippen LogP contribution < -0.4 is 5.32 Å². The largest absolute Gasteiger partial charge is 0.342 e. The Hall–Kier alpha value is -1.85. The SMILES string of the molecule is CCNCC1CCN(C(=O)Cc2cnn(-c3ccccc3)c2)CC1.Cl. The van der Waals surface area contributed by atoms with Crippen molar-refractivity contribution in [3.8, 4) is 5.69 Å². The minimum atomic E-state index is 0. The second kappa shape index (κ2) is 9.59. The molecule has 2 heterocycles. The molecule has 0 aliphatic carbocycles. The van der Waals surface area contributed by atoms with Crippen LogP contribution in [0.1, 0.15) is 25.3 Å². The molecular weight excluding hydrogens is 336 g/mol. The highest BCUT2D eigenvalue weighted by molar-refractivity contribution is 5.85. The van der Waals surface area contributed by atoms with E-state index in [1.807, 2.05) is 46.1 Å².